The van der Waals surface area contributed by atoms with Gasteiger partial charge in [0.2, 0.25) is 0 Å². The Hall–Kier alpha value is -1.62. The summed E-state index contributed by atoms with van der Waals surface area (Å²) < 4.78 is 0.958. The maximum Gasteiger partial charge on any atom is 0.263 e. The molecule has 1 fully saturated rings. The van der Waals surface area contributed by atoms with Crippen LogP contribution in [0.5, 0.6) is 0 Å². The first-order valence-corrected chi connectivity index (χ1v) is 6.92. The number of fused-ring (bicyclic) bond motifs is 1. The van der Waals surface area contributed by atoms with Crippen LogP contribution in [0.15, 0.2) is 18.3 Å². The number of nitrogens with zero attached hydrogens (tertiary/aromatic N) is 1. The lowest BCUT2D eigenvalue weighted by Gasteiger charge is -2.11. The molecule has 94 valence electrons. The van der Waals surface area contributed by atoms with Gasteiger partial charge in [0.05, 0.1) is 10.4 Å². The number of hydrogen-bond donors (Lipinski definition) is 2. The number of thiophene rings is 1. The minimum atomic E-state index is -0.0742. The number of nitrogens with two attached hydrogens (primary N) is 1. The van der Waals surface area contributed by atoms with Gasteiger partial charge in [-0.15, -0.1) is 11.3 Å². The van der Waals surface area contributed by atoms with Crippen molar-refractivity contribution in [1.29, 1.82) is 0 Å². The van der Waals surface area contributed by atoms with Gasteiger partial charge in [-0.25, -0.2) is 0 Å². The Morgan fingerprint density at radius 3 is 3.06 bits per heavy atom. The molecular weight excluding hydrogens is 246 g/mol. The number of nitrogen functional groups attached to an aromatic ring is 1. The summed E-state index contributed by atoms with van der Waals surface area (Å²) in [5.41, 5.74) is 7.22. The summed E-state index contributed by atoms with van der Waals surface area (Å²) in [6, 6.07) is 4.02. The number of aromatic nitrogens is 1. The first-order valence-electron chi connectivity index (χ1n) is 6.10. The molecule has 1 amide bonds. The summed E-state index contributed by atoms with van der Waals surface area (Å²) >= 11 is 1.41. The average molecular weight is 261 g/mol. The molecule has 3 N–H and O–H groups in total. The molecule has 1 saturated carbocycles. The van der Waals surface area contributed by atoms with Crippen LogP contribution in [0, 0.1) is 5.92 Å². The lowest BCUT2D eigenvalue weighted by atomic mass is 10.2. The summed E-state index contributed by atoms with van der Waals surface area (Å²) in [6.45, 7) is 2.05. The van der Waals surface area contributed by atoms with E-state index in [-0.39, 0.29) is 11.9 Å². The molecule has 2 aromatic rings. The fraction of sp³-hybridized carbons (Fsp3) is 0.385. The highest BCUT2D eigenvalue weighted by molar-refractivity contribution is 7.21. The average Bonchev–Trinajstić information content (AvgIpc) is 3.15. The van der Waals surface area contributed by atoms with Crippen molar-refractivity contribution in [3.05, 3.63) is 23.2 Å². The van der Waals surface area contributed by atoms with Crippen LogP contribution in [-0.4, -0.2) is 16.9 Å². The van der Waals surface area contributed by atoms with Crippen molar-refractivity contribution < 1.29 is 4.79 Å². The zero-order valence-electron chi connectivity index (χ0n) is 10.1. The normalized spacial score (nSPS) is 16.7. The quantitative estimate of drug-likeness (QED) is 0.891. The highest BCUT2D eigenvalue weighted by Gasteiger charge is 2.30. The van der Waals surface area contributed by atoms with Gasteiger partial charge in [0.1, 0.15) is 10.4 Å². The third-order valence-corrected chi connectivity index (χ3v) is 4.54. The van der Waals surface area contributed by atoms with E-state index in [1.54, 1.807) is 6.20 Å². The second-order valence-corrected chi connectivity index (χ2v) is 5.85. The minimum absolute atomic E-state index is 0.0742. The fourth-order valence-electron chi connectivity index (χ4n) is 2.10. The molecule has 1 atom stereocenters. The van der Waals surface area contributed by atoms with Crippen molar-refractivity contribution >= 4 is 33.1 Å². The maximum atomic E-state index is 12.2. The second kappa shape index (κ2) is 4.24. The number of anilines is 1. The number of pyridine rings is 1. The topological polar surface area (TPSA) is 68.0 Å². The summed E-state index contributed by atoms with van der Waals surface area (Å²) in [6.07, 6.45) is 4.12. The summed E-state index contributed by atoms with van der Waals surface area (Å²) in [5, 5.41) is 3.02. The van der Waals surface area contributed by atoms with Gasteiger partial charge in [0, 0.05) is 12.2 Å². The van der Waals surface area contributed by atoms with E-state index >= 15 is 0 Å². The van der Waals surface area contributed by atoms with Crippen LogP contribution in [0.2, 0.25) is 0 Å². The van der Waals surface area contributed by atoms with E-state index in [1.165, 1.54) is 24.2 Å². The Kier molecular flexibility index (Phi) is 2.70. The zero-order chi connectivity index (χ0) is 12.7. The Labute approximate surface area is 109 Å². The van der Waals surface area contributed by atoms with E-state index in [0.29, 0.717) is 16.5 Å². The summed E-state index contributed by atoms with van der Waals surface area (Å²) in [7, 11) is 0. The molecule has 18 heavy (non-hydrogen) atoms. The smallest absolute Gasteiger partial charge is 0.263 e. The Bertz CT molecular complexity index is 603. The monoisotopic (exact) mass is 261 g/mol. The van der Waals surface area contributed by atoms with Crippen LogP contribution in [0.4, 0.5) is 5.69 Å². The van der Waals surface area contributed by atoms with Gasteiger partial charge in [0.15, 0.2) is 0 Å². The molecule has 4 nitrogen and oxygen atoms in total. The van der Waals surface area contributed by atoms with Gasteiger partial charge in [-0.3, -0.25) is 9.78 Å². The molecule has 1 unspecified atom stereocenters. The Morgan fingerprint density at radius 2 is 2.39 bits per heavy atom. The van der Waals surface area contributed by atoms with Crippen molar-refractivity contribution in [3.63, 3.8) is 0 Å². The molecule has 0 bridgehead atoms. The molecule has 0 aromatic carbocycles. The number of nitrogens with one attached hydrogen (secondary N) is 1. The molecule has 2 aromatic heterocycles. The summed E-state index contributed by atoms with van der Waals surface area (Å²) in [5.74, 6) is 0.567. The minimum Gasteiger partial charge on any atom is -0.396 e. The van der Waals surface area contributed by atoms with Gasteiger partial charge in [-0.05, 0) is 37.8 Å². The van der Waals surface area contributed by atoms with Crippen LogP contribution in [0.25, 0.3) is 10.2 Å². The molecule has 3 rings (SSSR count). The third-order valence-electron chi connectivity index (χ3n) is 3.38. The van der Waals surface area contributed by atoms with E-state index in [4.69, 9.17) is 5.73 Å². The maximum absolute atomic E-state index is 12.2. The van der Waals surface area contributed by atoms with Crippen LogP contribution in [-0.2, 0) is 0 Å². The van der Waals surface area contributed by atoms with E-state index in [9.17, 15) is 4.79 Å². The van der Waals surface area contributed by atoms with Crippen LogP contribution >= 0.6 is 11.3 Å². The Morgan fingerprint density at radius 1 is 1.61 bits per heavy atom. The van der Waals surface area contributed by atoms with Crippen molar-refractivity contribution in [1.82, 2.24) is 10.3 Å². The molecule has 2 heterocycles. The third kappa shape index (κ3) is 1.95. The molecule has 0 saturated heterocycles. The highest BCUT2D eigenvalue weighted by atomic mass is 32.1. The number of carbonyl (C=O) groups is 1. The number of amides is 1. The molecule has 5 heteroatoms. The lowest BCUT2D eigenvalue weighted by Crippen LogP contribution is -2.33. The van der Waals surface area contributed by atoms with Crippen molar-refractivity contribution in [2.24, 2.45) is 5.92 Å². The SMILES string of the molecule is CC(NC(=O)c1sc2cccnc2c1N)C1CC1. The van der Waals surface area contributed by atoms with E-state index < -0.39 is 0 Å². The van der Waals surface area contributed by atoms with Gasteiger partial charge in [-0.2, -0.15) is 0 Å². The van der Waals surface area contributed by atoms with Gasteiger partial charge < -0.3 is 11.1 Å². The van der Waals surface area contributed by atoms with Crippen molar-refractivity contribution in [2.45, 2.75) is 25.8 Å². The molecule has 1 aliphatic carbocycles. The predicted molar refractivity (Wildman–Crippen MR) is 73.7 cm³/mol. The van der Waals surface area contributed by atoms with E-state index in [0.717, 1.165) is 10.2 Å². The predicted octanol–water partition coefficient (Wildman–Crippen LogP) is 2.41. The second-order valence-electron chi connectivity index (χ2n) is 4.79. The molecule has 0 radical (unpaired) electrons. The van der Waals surface area contributed by atoms with Gasteiger partial charge >= 0.3 is 0 Å². The molecular formula is C13H15N3OS. The van der Waals surface area contributed by atoms with Crippen LogP contribution < -0.4 is 11.1 Å². The van der Waals surface area contributed by atoms with Crippen LogP contribution in [0.1, 0.15) is 29.4 Å². The van der Waals surface area contributed by atoms with Crippen molar-refractivity contribution in [2.75, 3.05) is 5.73 Å². The molecule has 0 spiro atoms. The van der Waals surface area contributed by atoms with Crippen LogP contribution in [0.3, 0.4) is 0 Å². The van der Waals surface area contributed by atoms with E-state index in [2.05, 4.69) is 17.2 Å². The first-order chi connectivity index (χ1) is 8.66. The fourth-order valence-corrected chi connectivity index (χ4v) is 3.09. The largest absolute Gasteiger partial charge is 0.396 e. The number of rotatable bonds is 3. The zero-order valence-corrected chi connectivity index (χ0v) is 11.0. The number of hydrogen-bond acceptors (Lipinski definition) is 4. The highest BCUT2D eigenvalue weighted by Crippen LogP contribution is 2.34. The molecule has 0 aliphatic heterocycles. The first kappa shape index (κ1) is 11.5. The van der Waals surface area contributed by atoms with Gasteiger partial charge in [-0.1, -0.05) is 0 Å². The van der Waals surface area contributed by atoms with E-state index in [1.807, 2.05) is 12.1 Å². The van der Waals surface area contributed by atoms with Crippen molar-refractivity contribution in [3.8, 4) is 0 Å². The number of carbonyl (C=O) groups excluding carboxylic acids is 1. The lowest BCUT2D eigenvalue weighted by molar-refractivity contribution is 0.0941. The Balaban J connectivity index is 1.88. The van der Waals surface area contributed by atoms with Gasteiger partial charge in [0.25, 0.3) is 5.91 Å². The standard InChI is InChI=1S/C13H15N3OS/c1-7(8-4-5-8)16-13(17)12-10(14)11-9(18-12)3-2-6-15-11/h2-3,6-8H,4-5,14H2,1H3,(H,16,17). The summed E-state index contributed by atoms with van der Waals surface area (Å²) in [4.78, 5) is 17.0. The molecule has 1 aliphatic rings.